The van der Waals surface area contributed by atoms with Crippen molar-refractivity contribution in [2.24, 2.45) is 0 Å². The van der Waals surface area contributed by atoms with E-state index in [1.807, 2.05) is 31.2 Å². The number of nitrogens with zero attached hydrogens (tertiary/aromatic N) is 1. The first-order valence-electron chi connectivity index (χ1n) is 8.75. The Morgan fingerprint density at radius 3 is 2.11 bits per heavy atom. The van der Waals surface area contributed by atoms with Crippen LogP contribution in [0.2, 0.25) is 0 Å². The fraction of sp³-hybridized carbons (Fsp3) is 0.300. The van der Waals surface area contributed by atoms with Crippen molar-refractivity contribution < 1.29 is 14.3 Å². The summed E-state index contributed by atoms with van der Waals surface area (Å²) in [7, 11) is 1.74. The van der Waals surface area contributed by atoms with Crippen LogP contribution >= 0.6 is 15.9 Å². The summed E-state index contributed by atoms with van der Waals surface area (Å²) >= 11 is 3.38. The van der Waals surface area contributed by atoms with Crippen LogP contribution in [0.1, 0.15) is 13.3 Å². The quantitative estimate of drug-likeness (QED) is 0.633. The van der Waals surface area contributed by atoms with Gasteiger partial charge in [-0.05, 0) is 62.0 Å². The van der Waals surface area contributed by atoms with Crippen molar-refractivity contribution in [3.05, 3.63) is 53.0 Å². The fourth-order valence-corrected chi connectivity index (χ4v) is 2.58. The number of ether oxygens (including phenoxy) is 1. The molecule has 0 heterocycles. The van der Waals surface area contributed by atoms with Gasteiger partial charge in [0.1, 0.15) is 11.5 Å². The van der Waals surface area contributed by atoms with E-state index in [-0.39, 0.29) is 24.9 Å². The molecule has 0 aromatic heterocycles. The Morgan fingerprint density at radius 2 is 1.52 bits per heavy atom. The van der Waals surface area contributed by atoms with E-state index in [0.717, 1.165) is 16.6 Å². The van der Waals surface area contributed by atoms with Gasteiger partial charge in [0.25, 0.3) is 0 Å². The summed E-state index contributed by atoms with van der Waals surface area (Å²) in [5.74, 6) is 1.15. The van der Waals surface area contributed by atoms with E-state index >= 15 is 0 Å². The molecule has 0 aliphatic carbocycles. The average molecular weight is 434 g/mol. The highest BCUT2D eigenvalue weighted by Gasteiger charge is 2.10. The molecule has 2 rings (SSSR count). The number of carbonyl (C=O) groups is 2. The van der Waals surface area contributed by atoms with Gasteiger partial charge in [0, 0.05) is 16.7 Å². The number of carbonyl (C=O) groups excluding carboxylic acids is 2. The Labute approximate surface area is 168 Å². The molecule has 6 nitrogen and oxygen atoms in total. The SMILES string of the molecule is CCCNC(=O)CN(C)CC(=O)Nc1ccc(Oc2ccc(Br)cc2)cc1. The zero-order valence-corrected chi connectivity index (χ0v) is 17.1. The zero-order chi connectivity index (χ0) is 19.6. The Balaban J connectivity index is 1.80. The van der Waals surface area contributed by atoms with Gasteiger partial charge in [-0.2, -0.15) is 0 Å². The number of hydrogen-bond acceptors (Lipinski definition) is 4. The van der Waals surface area contributed by atoms with Crippen LogP contribution in [0.15, 0.2) is 53.0 Å². The van der Waals surface area contributed by atoms with E-state index in [1.165, 1.54) is 0 Å². The molecule has 2 amide bonds. The summed E-state index contributed by atoms with van der Waals surface area (Å²) < 4.78 is 6.73. The third-order valence-corrected chi connectivity index (χ3v) is 4.12. The van der Waals surface area contributed by atoms with Crippen molar-refractivity contribution in [3.63, 3.8) is 0 Å². The van der Waals surface area contributed by atoms with Gasteiger partial charge in [0.15, 0.2) is 0 Å². The molecule has 0 bridgehead atoms. The lowest BCUT2D eigenvalue weighted by Gasteiger charge is -2.16. The molecule has 0 fully saturated rings. The number of hydrogen-bond donors (Lipinski definition) is 2. The Bertz CT molecular complexity index is 748. The van der Waals surface area contributed by atoms with E-state index in [9.17, 15) is 9.59 Å². The summed E-state index contributed by atoms with van der Waals surface area (Å²) in [6.07, 6.45) is 0.886. The van der Waals surface area contributed by atoms with Crippen LogP contribution in [-0.2, 0) is 9.59 Å². The number of halogens is 1. The topological polar surface area (TPSA) is 70.7 Å². The summed E-state index contributed by atoms with van der Waals surface area (Å²) in [5, 5.41) is 5.60. The van der Waals surface area contributed by atoms with E-state index in [4.69, 9.17) is 4.74 Å². The van der Waals surface area contributed by atoms with Crippen LogP contribution in [0.25, 0.3) is 0 Å². The Hall–Kier alpha value is -2.38. The minimum atomic E-state index is -0.178. The largest absolute Gasteiger partial charge is 0.457 e. The maximum atomic E-state index is 12.1. The standard InChI is InChI=1S/C20H24BrN3O3/c1-3-12-22-19(25)13-24(2)14-20(26)23-16-6-10-18(11-7-16)27-17-8-4-15(21)5-9-17/h4-11H,3,12-14H2,1-2H3,(H,22,25)(H,23,26). The predicted octanol–water partition coefficient (Wildman–Crippen LogP) is 3.64. The molecule has 0 spiro atoms. The molecule has 27 heavy (non-hydrogen) atoms. The first kappa shape index (κ1) is 20.9. The van der Waals surface area contributed by atoms with Crippen LogP contribution in [0, 0.1) is 0 Å². The second-order valence-corrected chi connectivity index (χ2v) is 7.07. The molecule has 0 atom stereocenters. The van der Waals surface area contributed by atoms with Gasteiger partial charge in [-0.1, -0.05) is 22.9 Å². The third-order valence-electron chi connectivity index (χ3n) is 3.59. The molecule has 0 unspecified atom stereocenters. The minimum absolute atomic E-state index is 0.0819. The number of amides is 2. The smallest absolute Gasteiger partial charge is 0.238 e. The second-order valence-electron chi connectivity index (χ2n) is 6.15. The van der Waals surface area contributed by atoms with Crippen molar-refractivity contribution >= 4 is 33.4 Å². The first-order chi connectivity index (χ1) is 13.0. The second kappa shape index (κ2) is 10.7. The van der Waals surface area contributed by atoms with Crippen molar-refractivity contribution in [3.8, 4) is 11.5 Å². The number of likely N-dealkylation sites (N-methyl/N-ethyl adjacent to an activating group) is 1. The van der Waals surface area contributed by atoms with Crippen LogP contribution in [0.4, 0.5) is 5.69 Å². The van der Waals surface area contributed by atoms with Gasteiger partial charge in [-0.25, -0.2) is 0 Å². The molecule has 0 radical (unpaired) electrons. The van der Waals surface area contributed by atoms with Crippen LogP contribution in [-0.4, -0.2) is 43.4 Å². The molecule has 2 aromatic carbocycles. The third kappa shape index (κ3) is 7.80. The van der Waals surface area contributed by atoms with Gasteiger partial charge >= 0.3 is 0 Å². The summed E-state index contributed by atoms with van der Waals surface area (Å²) in [6, 6.07) is 14.7. The number of anilines is 1. The minimum Gasteiger partial charge on any atom is -0.457 e. The van der Waals surface area contributed by atoms with E-state index in [1.54, 1.807) is 36.2 Å². The summed E-state index contributed by atoms with van der Waals surface area (Å²) in [5.41, 5.74) is 0.673. The highest BCUT2D eigenvalue weighted by Crippen LogP contribution is 2.24. The molecule has 7 heteroatoms. The summed E-state index contributed by atoms with van der Waals surface area (Å²) in [4.78, 5) is 25.4. The average Bonchev–Trinajstić information content (AvgIpc) is 2.63. The molecular formula is C20H24BrN3O3. The van der Waals surface area contributed by atoms with Crippen molar-refractivity contribution in [1.82, 2.24) is 10.2 Å². The lowest BCUT2D eigenvalue weighted by atomic mass is 10.3. The molecule has 2 N–H and O–H groups in total. The zero-order valence-electron chi connectivity index (χ0n) is 15.5. The van der Waals surface area contributed by atoms with Gasteiger partial charge in [-0.3, -0.25) is 14.5 Å². The Kier molecular flexibility index (Phi) is 8.29. The maximum absolute atomic E-state index is 12.1. The monoisotopic (exact) mass is 433 g/mol. The van der Waals surface area contributed by atoms with Crippen LogP contribution in [0.3, 0.4) is 0 Å². The molecule has 2 aromatic rings. The van der Waals surface area contributed by atoms with Crippen LogP contribution < -0.4 is 15.4 Å². The van der Waals surface area contributed by atoms with E-state index in [2.05, 4.69) is 26.6 Å². The van der Waals surface area contributed by atoms with Gasteiger partial charge in [0.05, 0.1) is 13.1 Å². The van der Waals surface area contributed by atoms with Gasteiger partial charge < -0.3 is 15.4 Å². The molecule has 0 aliphatic heterocycles. The summed E-state index contributed by atoms with van der Waals surface area (Å²) in [6.45, 7) is 2.96. The molecule has 0 saturated carbocycles. The van der Waals surface area contributed by atoms with Crippen molar-refractivity contribution in [2.75, 3.05) is 32.0 Å². The number of rotatable bonds is 9. The van der Waals surface area contributed by atoms with E-state index < -0.39 is 0 Å². The lowest BCUT2D eigenvalue weighted by molar-refractivity contribution is -0.122. The van der Waals surface area contributed by atoms with Gasteiger partial charge in [-0.15, -0.1) is 0 Å². The van der Waals surface area contributed by atoms with Crippen LogP contribution in [0.5, 0.6) is 11.5 Å². The first-order valence-corrected chi connectivity index (χ1v) is 9.54. The van der Waals surface area contributed by atoms with Crippen molar-refractivity contribution in [2.45, 2.75) is 13.3 Å². The molecule has 0 aliphatic rings. The van der Waals surface area contributed by atoms with Crippen molar-refractivity contribution in [1.29, 1.82) is 0 Å². The Morgan fingerprint density at radius 1 is 0.963 bits per heavy atom. The predicted molar refractivity (Wildman–Crippen MR) is 110 cm³/mol. The maximum Gasteiger partial charge on any atom is 0.238 e. The normalized spacial score (nSPS) is 10.5. The molecule has 0 saturated heterocycles. The highest BCUT2D eigenvalue weighted by molar-refractivity contribution is 9.10. The highest BCUT2D eigenvalue weighted by atomic mass is 79.9. The van der Waals surface area contributed by atoms with E-state index in [0.29, 0.717) is 18.0 Å². The number of nitrogens with one attached hydrogen (secondary N) is 2. The number of benzene rings is 2. The van der Waals surface area contributed by atoms with Gasteiger partial charge in [0.2, 0.25) is 11.8 Å². The molecular weight excluding hydrogens is 410 g/mol. The lowest BCUT2D eigenvalue weighted by Crippen LogP contribution is -2.39. The fourth-order valence-electron chi connectivity index (χ4n) is 2.31. The molecule has 144 valence electrons.